The van der Waals surface area contributed by atoms with E-state index in [0.29, 0.717) is 11.4 Å². The minimum absolute atomic E-state index is 0.0202. The molecule has 0 radical (unpaired) electrons. The normalized spacial score (nSPS) is 10.8. The molecule has 0 aliphatic heterocycles. The number of rotatable bonds is 4. The molecule has 29 heavy (non-hydrogen) atoms. The van der Waals surface area contributed by atoms with Crippen molar-refractivity contribution in [3.05, 3.63) is 82.2 Å². The molecule has 2 aromatic heterocycles. The maximum atomic E-state index is 10.9. The number of benzene rings is 2. The maximum absolute atomic E-state index is 10.9. The second kappa shape index (κ2) is 7.16. The predicted octanol–water partition coefficient (Wildman–Crippen LogP) is 4.10. The number of hydrogen-bond donors (Lipinski definition) is 1. The van der Waals surface area contributed by atoms with Crippen LogP contribution in [0.3, 0.4) is 0 Å². The highest BCUT2D eigenvalue weighted by atomic mass is 16.6. The summed E-state index contributed by atoms with van der Waals surface area (Å²) in [6, 6.07) is 17.9. The molecule has 0 spiro atoms. The number of nitro benzene ring substituents is 1. The molecule has 0 amide bonds. The first-order chi connectivity index (χ1) is 13.9. The van der Waals surface area contributed by atoms with Gasteiger partial charge in [0.25, 0.3) is 5.69 Å². The fourth-order valence-corrected chi connectivity index (χ4v) is 3.33. The van der Waals surface area contributed by atoms with Gasteiger partial charge in [0, 0.05) is 23.3 Å². The highest BCUT2D eigenvalue weighted by molar-refractivity contribution is 5.72. The molecule has 4 aromatic rings. The van der Waals surface area contributed by atoms with Gasteiger partial charge < -0.3 is 5.73 Å². The number of nitrogens with two attached hydrogens (primary N) is 1. The summed E-state index contributed by atoms with van der Waals surface area (Å²) in [6.45, 7) is 3.90. The van der Waals surface area contributed by atoms with E-state index in [1.54, 1.807) is 12.1 Å². The summed E-state index contributed by atoms with van der Waals surface area (Å²) in [7, 11) is 0. The first-order valence-corrected chi connectivity index (χ1v) is 8.95. The maximum Gasteiger partial charge on any atom is 0.269 e. The molecule has 0 aliphatic rings. The van der Waals surface area contributed by atoms with Crippen molar-refractivity contribution in [3.8, 4) is 28.2 Å². The van der Waals surface area contributed by atoms with Crippen LogP contribution < -0.4 is 5.73 Å². The van der Waals surface area contributed by atoms with Crippen LogP contribution in [0.4, 0.5) is 11.6 Å². The smallest absolute Gasteiger partial charge is 0.269 e. The van der Waals surface area contributed by atoms with Crippen molar-refractivity contribution >= 4 is 11.6 Å². The van der Waals surface area contributed by atoms with E-state index >= 15 is 0 Å². The van der Waals surface area contributed by atoms with Crippen LogP contribution in [0.5, 0.6) is 0 Å². The first kappa shape index (κ1) is 18.3. The Bertz CT molecular complexity index is 1200. The number of aryl methyl sites for hydroxylation is 1. The monoisotopic (exact) mass is 386 g/mol. The molecular formula is C21H18N6O2. The van der Waals surface area contributed by atoms with E-state index in [4.69, 9.17) is 5.73 Å². The lowest BCUT2D eigenvalue weighted by Gasteiger charge is -2.08. The van der Waals surface area contributed by atoms with Gasteiger partial charge in [-0.15, -0.1) is 0 Å². The minimum atomic E-state index is -0.436. The van der Waals surface area contributed by atoms with E-state index in [1.165, 1.54) is 12.1 Å². The average Bonchev–Trinajstić information content (AvgIpc) is 3.02. The summed E-state index contributed by atoms with van der Waals surface area (Å²) in [5, 5.41) is 15.5. The van der Waals surface area contributed by atoms with E-state index in [0.717, 1.165) is 28.2 Å². The quantitative estimate of drug-likeness (QED) is 0.417. The van der Waals surface area contributed by atoms with Gasteiger partial charge >= 0.3 is 0 Å². The van der Waals surface area contributed by atoms with E-state index < -0.39 is 4.92 Å². The molecule has 4 rings (SSSR count). The third kappa shape index (κ3) is 3.43. The van der Waals surface area contributed by atoms with E-state index in [9.17, 15) is 10.1 Å². The standard InChI is InChI=1S/C21H18N6O2/c1-13-20(14(2)26(25-13)16-6-4-3-5-7-16)19-12-18(23-21(22)24-19)15-8-10-17(11-9-15)27(28)29/h3-12H,1-2H3,(H2,22,23,24). The number of nitrogens with zero attached hydrogens (tertiary/aromatic N) is 5. The topological polar surface area (TPSA) is 113 Å². The molecule has 0 aliphatic carbocycles. The van der Waals surface area contributed by atoms with Gasteiger partial charge in [0.05, 0.1) is 33.4 Å². The number of hydrogen-bond acceptors (Lipinski definition) is 6. The van der Waals surface area contributed by atoms with Gasteiger partial charge in [-0.25, -0.2) is 14.6 Å². The van der Waals surface area contributed by atoms with Gasteiger partial charge in [-0.05, 0) is 44.2 Å². The zero-order valence-electron chi connectivity index (χ0n) is 15.9. The number of nitrogen functional groups attached to an aromatic ring is 1. The van der Waals surface area contributed by atoms with Gasteiger partial charge in [-0.2, -0.15) is 5.10 Å². The van der Waals surface area contributed by atoms with Crippen LogP contribution in [0, 0.1) is 24.0 Å². The van der Waals surface area contributed by atoms with Crippen LogP contribution in [0.15, 0.2) is 60.7 Å². The molecule has 0 saturated carbocycles. The SMILES string of the molecule is Cc1nn(-c2ccccc2)c(C)c1-c1cc(-c2ccc([N+](=O)[O-])cc2)nc(N)n1. The second-order valence-corrected chi connectivity index (χ2v) is 6.59. The molecule has 0 unspecified atom stereocenters. The number of para-hydroxylation sites is 1. The molecular weight excluding hydrogens is 368 g/mol. The van der Waals surface area contributed by atoms with E-state index in [-0.39, 0.29) is 11.6 Å². The van der Waals surface area contributed by atoms with Crippen LogP contribution in [-0.4, -0.2) is 24.7 Å². The predicted molar refractivity (Wildman–Crippen MR) is 111 cm³/mol. The molecule has 0 fully saturated rings. The zero-order valence-corrected chi connectivity index (χ0v) is 15.9. The highest BCUT2D eigenvalue weighted by Crippen LogP contribution is 2.31. The van der Waals surface area contributed by atoms with Gasteiger partial charge in [-0.3, -0.25) is 10.1 Å². The summed E-state index contributed by atoms with van der Waals surface area (Å²) in [4.78, 5) is 19.2. The molecule has 2 aromatic carbocycles. The van der Waals surface area contributed by atoms with Crippen LogP contribution in [0.2, 0.25) is 0 Å². The van der Waals surface area contributed by atoms with Gasteiger partial charge in [0.2, 0.25) is 5.95 Å². The van der Waals surface area contributed by atoms with Crippen molar-refractivity contribution in [3.63, 3.8) is 0 Å². The lowest BCUT2D eigenvalue weighted by atomic mass is 10.1. The minimum Gasteiger partial charge on any atom is -0.368 e. The number of non-ortho nitro benzene ring substituents is 1. The largest absolute Gasteiger partial charge is 0.368 e. The van der Waals surface area contributed by atoms with Crippen LogP contribution >= 0.6 is 0 Å². The summed E-state index contributed by atoms with van der Waals surface area (Å²) in [5.41, 5.74) is 11.5. The Balaban J connectivity index is 1.81. The Morgan fingerprint density at radius 3 is 2.28 bits per heavy atom. The molecule has 0 atom stereocenters. The Morgan fingerprint density at radius 2 is 1.62 bits per heavy atom. The zero-order chi connectivity index (χ0) is 20.5. The summed E-state index contributed by atoms with van der Waals surface area (Å²) < 4.78 is 1.87. The molecule has 2 heterocycles. The van der Waals surface area contributed by atoms with E-state index in [1.807, 2.05) is 54.9 Å². The van der Waals surface area contributed by atoms with Crippen molar-refractivity contribution in [2.45, 2.75) is 13.8 Å². The van der Waals surface area contributed by atoms with Crippen molar-refractivity contribution in [2.24, 2.45) is 0 Å². The number of anilines is 1. The lowest BCUT2D eigenvalue weighted by Crippen LogP contribution is -2.01. The van der Waals surface area contributed by atoms with Gasteiger partial charge in [0.1, 0.15) is 0 Å². The Morgan fingerprint density at radius 1 is 0.966 bits per heavy atom. The number of aromatic nitrogens is 4. The third-order valence-corrected chi connectivity index (χ3v) is 4.67. The molecule has 0 saturated heterocycles. The third-order valence-electron chi connectivity index (χ3n) is 4.67. The van der Waals surface area contributed by atoms with Gasteiger partial charge in [0.15, 0.2) is 0 Å². The Labute approximate surface area is 166 Å². The van der Waals surface area contributed by atoms with Crippen molar-refractivity contribution in [1.29, 1.82) is 0 Å². The molecule has 144 valence electrons. The van der Waals surface area contributed by atoms with Crippen molar-refractivity contribution in [1.82, 2.24) is 19.7 Å². The second-order valence-electron chi connectivity index (χ2n) is 6.59. The molecule has 8 nitrogen and oxygen atoms in total. The fraction of sp³-hybridized carbons (Fsp3) is 0.0952. The summed E-state index contributed by atoms with van der Waals surface area (Å²) in [6.07, 6.45) is 0. The average molecular weight is 386 g/mol. The van der Waals surface area contributed by atoms with Gasteiger partial charge in [-0.1, -0.05) is 18.2 Å². The van der Waals surface area contributed by atoms with E-state index in [2.05, 4.69) is 15.1 Å². The molecule has 0 bridgehead atoms. The Hall–Kier alpha value is -4.07. The lowest BCUT2D eigenvalue weighted by molar-refractivity contribution is -0.384. The Kier molecular flexibility index (Phi) is 4.52. The van der Waals surface area contributed by atoms with Crippen molar-refractivity contribution < 1.29 is 4.92 Å². The van der Waals surface area contributed by atoms with Crippen LogP contribution in [0.25, 0.3) is 28.2 Å². The van der Waals surface area contributed by atoms with Crippen LogP contribution in [-0.2, 0) is 0 Å². The summed E-state index contributed by atoms with van der Waals surface area (Å²) >= 11 is 0. The molecule has 2 N–H and O–H groups in total. The highest BCUT2D eigenvalue weighted by Gasteiger charge is 2.18. The van der Waals surface area contributed by atoms with Crippen molar-refractivity contribution in [2.75, 3.05) is 5.73 Å². The summed E-state index contributed by atoms with van der Waals surface area (Å²) in [5.74, 6) is 0.127. The number of nitro groups is 1. The first-order valence-electron chi connectivity index (χ1n) is 8.95. The molecule has 8 heteroatoms. The fourth-order valence-electron chi connectivity index (χ4n) is 3.33. The van der Waals surface area contributed by atoms with Crippen LogP contribution in [0.1, 0.15) is 11.4 Å².